The summed E-state index contributed by atoms with van der Waals surface area (Å²) in [7, 11) is 0. The van der Waals surface area contributed by atoms with Crippen molar-refractivity contribution in [3.8, 4) is 0 Å². The highest BCUT2D eigenvalue weighted by molar-refractivity contribution is 5.90. The fraction of sp³-hybridized carbons (Fsp3) is 0.444. The zero-order valence-electron chi connectivity index (χ0n) is 13.1. The lowest BCUT2D eigenvalue weighted by Crippen LogP contribution is -2.37. The quantitative estimate of drug-likeness (QED) is 0.911. The molecular weight excluding hydrogens is 290 g/mol. The van der Waals surface area contributed by atoms with Gasteiger partial charge in [0.15, 0.2) is 0 Å². The molecule has 0 radical (unpaired) electrons. The van der Waals surface area contributed by atoms with Crippen LogP contribution in [0.25, 0.3) is 0 Å². The molecule has 1 aromatic heterocycles. The number of imidazole rings is 1. The van der Waals surface area contributed by atoms with Crippen LogP contribution in [-0.2, 0) is 29.8 Å². The summed E-state index contributed by atoms with van der Waals surface area (Å²) in [6.07, 6.45) is 9.28. The maximum atomic E-state index is 12.3. The summed E-state index contributed by atoms with van der Waals surface area (Å²) < 4.78 is 1.75. The fourth-order valence-corrected chi connectivity index (χ4v) is 3.58. The molecule has 120 valence electrons. The van der Waals surface area contributed by atoms with E-state index in [-0.39, 0.29) is 12.5 Å². The van der Waals surface area contributed by atoms with Crippen molar-refractivity contribution in [3.63, 3.8) is 0 Å². The van der Waals surface area contributed by atoms with E-state index in [2.05, 4.69) is 22.4 Å². The number of rotatable bonds is 4. The molecule has 2 aromatic rings. The van der Waals surface area contributed by atoms with Gasteiger partial charge in [-0.3, -0.25) is 4.79 Å². The Morgan fingerprint density at radius 2 is 2.09 bits per heavy atom. The molecule has 2 aliphatic carbocycles. The van der Waals surface area contributed by atoms with Crippen LogP contribution in [0.4, 0.5) is 5.69 Å². The molecule has 1 heterocycles. The van der Waals surface area contributed by atoms with Gasteiger partial charge in [0.2, 0.25) is 5.91 Å². The molecule has 4 rings (SSSR count). The van der Waals surface area contributed by atoms with Crippen molar-refractivity contribution >= 4 is 11.6 Å². The van der Waals surface area contributed by atoms with Gasteiger partial charge >= 0.3 is 0 Å². The third-order valence-corrected chi connectivity index (χ3v) is 5.01. The molecule has 0 saturated heterocycles. The number of nitrogens with zero attached hydrogens (tertiary/aromatic N) is 2. The monoisotopic (exact) mass is 311 g/mol. The SMILES string of the molecule is O=C(Cn1ccnc1C1(O)CCC1)Nc1ccc2c(c1)CCC2. The Labute approximate surface area is 135 Å². The van der Waals surface area contributed by atoms with Crippen molar-refractivity contribution in [2.45, 2.75) is 50.7 Å². The smallest absolute Gasteiger partial charge is 0.244 e. The number of benzene rings is 1. The van der Waals surface area contributed by atoms with Gasteiger partial charge in [0.05, 0.1) is 0 Å². The van der Waals surface area contributed by atoms with E-state index in [1.165, 1.54) is 17.5 Å². The van der Waals surface area contributed by atoms with Gasteiger partial charge in [-0.2, -0.15) is 0 Å². The van der Waals surface area contributed by atoms with Gasteiger partial charge in [0, 0.05) is 18.1 Å². The second-order valence-corrected chi connectivity index (χ2v) is 6.65. The summed E-state index contributed by atoms with van der Waals surface area (Å²) in [5.74, 6) is 0.512. The Bertz CT molecular complexity index is 746. The normalized spacial score (nSPS) is 18.3. The summed E-state index contributed by atoms with van der Waals surface area (Å²) >= 11 is 0. The highest BCUT2D eigenvalue weighted by Gasteiger charge is 2.40. The van der Waals surface area contributed by atoms with Crippen LogP contribution in [0.2, 0.25) is 0 Å². The van der Waals surface area contributed by atoms with Gasteiger partial charge in [-0.25, -0.2) is 4.98 Å². The molecule has 0 atom stereocenters. The topological polar surface area (TPSA) is 67.2 Å². The van der Waals surface area contributed by atoms with Crippen LogP contribution < -0.4 is 5.32 Å². The second-order valence-electron chi connectivity index (χ2n) is 6.65. The van der Waals surface area contributed by atoms with E-state index < -0.39 is 5.60 Å². The lowest BCUT2D eigenvalue weighted by Gasteiger charge is -2.36. The molecule has 1 fully saturated rings. The van der Waals surface area contributed by atoms with Crippen molar-refractivity contribution in [1.82, 2.24) is 9.55 Å². The van der Waals surface area contributed by atoms with Gasteiger partial charge in [0.25, 0.3) is 0 Å². The van der Waals surface area contributed by atoms with Crippen LogP contribution in [0.15, 0.2) is 30.6 Å². The van der Waals surface area contributed by atoms with E-state index in [0.717, 1.165) is 37.8 Å². The van der Waals surface area contributed by atoms with E-state index in [0.29, 0.717) is 5.82 Å². The number of nitrogens with one attached hydrogen (secondary N) is 1. The number of fused-ring (bicyclic) bond motifs is 1. The van der Waals surface area contributed by atoms with Crippen LogP contribution >= 0.6 is 0 Å². The highest BCUT2D eigenvalue weighted by Crippen LogP contribution is 2.40. The molecular formula is C18H21N3O2. The Morgan fingerprint density at radius 1 is 1.26 bits per heavy atom. The van der Waals surface area contributed by atoms with E-state index >= 15 is 0 Å². The molecule has 0 unspecified atom stereocenters. The van der Waals surface area contributed by atoms with Crippen molar-refractivity contribution in [2.24, 2.45) is 0 Å². The van der Waals surface area contributed by atoms with E-state index in [4.69, 9.17) is 0 Å². The third kappa shape index (κ3) is 2.65. The molecule has 1 aromatic carbocycles. The minimum Gasteiger partial charge on any atom is -0.382 e. The van der Waals surface area contributed by atoms with Crippen LogP contribution in [0.3, 0.4) is 0 Å². The lowest BCUT2D eigenvalue weighted by atomic mass is 9.79. The van der Waals surface area contributed by atoms with Gasteiger partial charge in [0.1, 0.15) is 18.0 Å². The van der Waals surface area contributed by atoms with Crippen LogP contribution in [-0.4, -0.2) is 20.6 Å². The molecule has 23 heavy (non-hydrogen) atoms. The summed E-state index contributed by atoms with van der Waals surface area (Å²) in [5, 5.41) is 13.4. The van der Waals surface area contributed by atoms with Crippen molar-refractivity contribution in [3.05, 3.63) is 47.5 Å². The zero-order valence-corrected chi connectivity index (χ0v) is 13.1. The number of aliphatic hydroxyl groups is 1. The van der Waals surface area contributed by atoms with Gasteiger partial charge in [-0.15, -0.1) is 0 Å². The van der Waals surface area contributed by atoms with Crippen LogP contribution in [0, 0.1) is 0 Å². The minimum atomic E-state index is -0.850. The molecule has 2 N–H and O–H groups in total. The highest BCUT2D eigenvalue weighted by atomic mass is 16.3. The fourth-order valence-electron chi connectivity index (χ4n) is 3.58. The predicted molar refractivity (Wildman–Crippen MR) is 87.1 cm³/mol. The number of carbonyl (C=O) groups excluding carboxylic acids is 1. The minimum absolute atomic E-state index is 0.0925. The number of hydrogen-bond acceptors (Lipinski definition) is 3. The van der Waals surface area contributed by atoms with Gasteiger partial charge in [-0.1, -0.05) is 6.07 Å². The first-order valence-corrected chi connectivity index (χ1v) is 8.30. The summed E-state index contributed by atoms with van der Waals surface area (Å²) in [6, 6.07) is 6.16. The number of amides is 1. The maximum absolute atomic E-state index is 12.3. The van der Waals surface area contributed by atoms with Gasteiger partial charge in [-0.05, 0) is 61.8 Å². The summed E-state index contributed by atoms with van der Waals surface area (Å²) in [4.78, 5) is 16.6. The Morgan fingerprint density at radius 3 is 2.87 bits per heavy atom. The number of aromatic nitrogens is 2. The van der Waals surface area contributed by atoms with Crippen LogP contribution in [0.1, 0.15) is 42.6 Å². The predicted octanol–water partition coefficient (Wildman–Crippen LogP) is 2.38. The van der Waals surface area contributed by atoms with Crippen molar-refractivity contribution in [2.75, 3.05) is 5.32 Å². The molecule has 2 aliphatic rings. The molecule has 1 amide bonds. The summed E-state index contributed by atoms with van der Waals surface area (Å²) in [5.41, 5.74) is 2.74. The Kier molecular flexibility index (Phi) is 3.45. The summed E-state index contributed by atoms with van der Waals surface area (Å²) in [6.45, 7) is 0.175. The van der Waals surface area contributed by atoms with E-state index in [9.17, 15) is 9.90 Å². The van der Waals surface area contributed by atoms with Crippen molar-refractivity contribution < 1.29 is 9.90 Å². The molecule has 5 nitrogen and oxygen atoms in total. The van der Waals surface area contributed by atoms with E-state index in [1.54, 1.807) is 17.0 Å². The van der Waals surface area contributed by atoms with E-state index in [1.807, 2.05) is 6.07 Å². The molecule has 0 aliphatic heterocycles. The Hall–Kier alpha value is -2.14. The van der Waals surface area contributed by atoms with Crippen molar-refractivity contribution in [1.29, 1.82) is 0 Å². The number of aryl methyl sites for hydroxylation is 2. The number of carbonyl (C=O) groups is 1. The largest absolute Gasteiger partial charge is 0.382 e. The second kappa shape index (κ2) is 5.49. The average molecular weight is 311 g/mol. The number of anilines is 1. The molecule has 0 spiro atoms. The molecule has 0 bridgehead atoms. The maximum Gasteiger partial charge on any atom is 0.244 e. The molecule has 5 heteroatoms. The zero-order chi connectivity index (χ0) is 15.9. The van der Waals surface area contributed by atoms with Gasteiger partial charge < -0.3 is 15.0 Å². The van der Waals surface area contributed by atoms with Crippen LogP contribution in [0.5, 0.6) is 0 Å². The Balaban J connectivity index is 1.46. The lowest BCUT2D eigenvalue weighted by molar-refractivity contribution is -0.117. The first kappa shape index (κ1) is 14.5. The first-order chi connectivity index (χ1) is 11.1. The third-order valence-electron chi connectivity index (χ3n) is 5.01. The molecule has 1 saturated carbocycles. The number of hydrogen-bond donors (Lipinski definition) is 2. The average Bonchev–Trinajstić information content (AvgIpc) is 3.13. The standard InChI is InChI=1S/C18H21N3O2/c22-16(20-15-6-5-13-3-1-4-14(13)11-15)12-21-10-9-19-17(21)18(23)7-2-8-18/h5-6,9-11,23H,1-4,7-8,12H2,(H,20,22). The first-order valence-electron chi connectivity index (χ1n) is 8.30.